The molecule has 0 radical (unpaired) electrons. The fourth-order valence-electron chi connectivity index (χ4n) is 1.63. The van der Waals surface area contributed by atoms with E-state index < -0.39 is 16.4 Å². The fraction of sp³-hybridized carbons (Fsp3) is 0. The van der Waals surface area contributed by atoms with Gasteiger partial charge in [0.25, 0.3) is 0 Å². The minimum absolute atomic E-state index is 0.241. The van der Waals surface area contributed by atoms with Gasteiger partial charge >= 0.3 is 5.69 Å². The molecule has 2 aromatic rings. The maximum Gasteiger partial charge on any atom is 0.304 e. The molecule has 0 atom stereocenters. The molecule has 0 fully saturated rings. The van der Waals surface area contributed by atoms with Gasteiger partial charge in [-0.25, -0.2) is 0 Å². The van der Waals surface area contributed by atoms with E-state index in [0.29, 0.717) is 16.1 Å². The Morgan fingerprint density at radius 3 is 2.11 bits per heavy atom. The molecule has 0 saturated carbocycles. The first-order valence-electron chi connectivity index (χ1n) is 4.99. The molecule has 7 heteroatoms. The highest BCUT2D eigenvalue weighted by Crippen LogP contribution is 2.38. The molecule has 0 aromatic heterocycles. The summed E-state index contributed by atoms with van der Waals surface area (Å²) in [6.07, 6.45) is 0. The van der Waals surface area contributed by atoms with Crippen LogP contribution < -0.4 is 0 Å². The van der Waals surface area contributed by atoms with Crippen LogP contribution in [-0.4, -0.2) is 4.92 Å². The number of nitro groups is 1. The lowest BCUT2D eigenvalue weighted by Gasteiger charge is -2.08. The molecule has 0 saturated heterocycles. The summed E-state index contributed by atoms with van der Waals surface area (Å²) in [5.41, 5.74) is 0.112. The van der Waals surface area contributed by atoms with Gasteiger partial charge in [-0.05, 0) is 29.8 Å². The molecule has 2 aromatic carbocycles. The van der Waals surface area contributed by atoms with Crippen LogP contribution in [0.2, 0.25) is 15.1 Å². The zero-order chi connectivity index (χ0) is 14.2. The molecule has 19 heavy (non-hydrogen) atoms. The van der Waals surface area contributed by atoms with Crippen molar-refractivity contribution >= 4 is 40.5 Å². The average molecular weight is 321 g/mol. The van der Waals surface area contributed by atoms with Crippen LogP contribution >= 0.6 is 34.8 Å². The van der Waals surface area contributed by atoms with Crippen molar-refractivity contribution in [2.75, 3.05) is 0 Å². The normalized spacial score (nSPS) is 10.5. The van der Waals surface area contributed by atoms with Crippen molar-refractivity contribution in [3.63, 3.8) is 0 Å². The van der Waals surface area contributed by atoms with Gasteiger partial charge in [-0.1, -0.05) is 34.8 Å². The average Bonchev–Trinajstić information content (AvgIpc) is 2.26. The van der Waals surface area contributed by atoms with Gasteiger partial charge in [0, 0.05) is 16.7 Å². The van der Waals surface area contributed by atoms with E-state index in [1.54, 1.807) is 0 Å². The van der Waals surface area contributed by atoms with Crippen LogP contribution in [0.3, 0.4) is 0 Å². The van der Waals surface area contributed by atoms with Crippen molar-refractivity contribution in [2.24, 2.45) is 0 Å². The summed E-state index contributed by atoms with van der Waals surface area (Å²) >= 11 is 17.8. The summed E-state index contributed by atoms with van der Waals surface area (Å²) in [5, 5.41) is 11.4. The van der Waals surface area contributed by atoms with Crippen LogP contribution in [0.5, 0.6) is 0 Å². The lowest BCUT2D eigenvalue weighted by Crippen LogP contribution is -1.93. The highest BCUT2D eigenvalue weighted by molar-refractivity contribution is 6.41. The van der Waals surface area contributed by atoms with Crippen molar-refractivity contribution in [3.05, 3.63) is 61.3 Å². The van der Waals surface area contributed by atoms with Gasteiger partial charge in [0.2, 0.25) is 5.82 Å². The van der Waals surface area contributed by atoms with Gasteiger partial charge < -0.3 is 0 Å². The van der Waals surface area contributed by atoms with E-state index in [2.05, 4.69) is 0 Å². The second-order valence-electron chi connectivity index (χ2n) is 3.67. The molecule has 0 amide bonds. The largest absolute Gasteiger partial charge is 0.304 e. The maximum atomic E-state index is 13.6. The molecule has 0 N–H and O–H groups in total. The highest BCUT2D eigenvalue weighted by atomic mass is 35.5. The second kappa shape index (κ2) is 5.33. The van der Waals surface area contributed by atoms with Crippen LogP contribution in [0.4, 0.5) is 10.1 Å². The van der Waals surface area contributed by atoms with Crippen LogP contribution in [0, 0.1) is 15.9 Å². The second-order valence-corrected chi connectivity index (χ2v) is 4.92. The Kier molecular flexibility index (Phi) is 3.94. The number of hydrogen-bond acceptors (Lipinski definition) is 2. The lowest BCUT2D eigenvalue weighted by atomic mass is 10.0. The third-order valence-corrected chi connectivity index (χ3v) is 3.25. The van der Waals surface area contributed by atoms with Crippen LogP contribution in [0.1, 0.15) is 0 Å². The first kappa shape index (κ1) is 14.1. The molecular formula is C12H5Cl3FNO2. The predicted molar refractivity (Wildman–Crippen MR) is 73.5 cm³/mol. The monoisotopic (exact) mass is 319 g/mol. The van der Waals surface area contributed by atoms with Gasteiger partial charge in [0.05, 0.1) is 15.0 Å². The molecule has 0 unspecified atom stereocenters. The first-order valence-corrected chi connectivity index (χ1v) is 6.12. The van der Waals surface area contributed by atoms with Gasteiger partial charge in [-0.2, -0.15) is 4.39 Å². The third kappa shape index (κ3) is 2.81. The standard InChI is InChI=1S/C12H5Cl3FNO2/c13-7-4-8(14)12(9(15)5-7)6-1-2-11(17(18)19)10(16)3-6/h1-5H. The Labute approximate surface area is 122 Å². The Morgan fingerprint density at radius 2 is 1.63 bits per heavy atom. The Hall–Kier alpha value is -1.36. The number of nitro benzene ring substituents is 1. The number of benzene rings is 2. The van der Waals surface area contributed by atoms with E-state index in [9.17, 15) is 14.5 Å². The summed E-state index contributed by atoms with van der Waals surface area (Å²) in [5.74, 6) is -0.954. The summed E-state index contributed by atoms with van der Waals surface area (Å²) in [7, 11) is 0. The Balaban J connectivity index is 2.61. The van der Waals surface area contributed by atoms with Crippen molar-refractivity contribution in [3.8, 4) is 11.1 Å². The predicted octanol–water partition coefficient (Wildman–Crippen LogP) is 5.36. The zero-order valence-electron chi connectivity index (χ0n) is 9.16. The fourth-order valence-corrected chi connectivity index (χ4v) is 2.66. The quantitative estimate of drug-likeness (QED) is 0.552. The SMILES string of the molecule is O=[N+]([O-])c1ccc(-c2c(Cl)cc(Cl)cc2Cl)cc1F. The molecule has 0 heterocycles. The van der Waals surface area contributed by atoms with E-state index in [1.165, 1.54) is 18.2 Å². The van der Waals surface area contributed by atoms with Gasteiger partial charge in [0.15, 0.2) is 0 Å². The number of halogens is 4. The molecule has 0 bridgehead atoms. The maximum absolute atomic E-state index is 13.6. The minimum atomic E-state index is -0.954. The zero-order valence-corrected chi connectivity index (χ0v) is 11.4. The summed E-state index contributed by atoms with van der Waals surface area (Å²) in [4.78, 5) is 9.74. The molecule has 0 aliphatic heterocycles. The highest BCUT2D eigenvalue weighted by Gasteiger charge is 2.17. The van der Waals surface area contributed by atoms with E-state index >= 15 is 0 Å². The number of hydrogen-bond donors (Lipinski definition) is 0. The van der Waals surface area contributed by atoms with E-state index in [0.717, 1.165) is 12.1 Å². The molecule has 3 nitrogen and oxygen atoms in total. The summed E-state index contributed by atoms with van der Waals surface area (Å²) < 4.78 is 13.6. The minimum Gasteiger partial charge on any atom is -0.258 e. The molecule has 0 aliphatic rings. The third-order valence-electron chi connectivity index (χ3n) is 2.44. The molecule has 0 spiro atoms. The van der Waals surface area contributed by atoms with Crippen LogP contribution in [-0.2, 0) is 0 Å². The Bertz CT molecular complexity index is 653. The number of nitrogens with zero attached hydrogens (tertiary/aromatic N) is 1. The van der Waals surface area contributed by atoms with Gasteiger partial charge in [0.1, 0.15) is 0 Å². The molecule has 2 rings (SSSR count). The van der Waals surface area contributed by atoms with E-state index in [1.807, 2.05) is 0 Å². The van der Waals surface area contributed by atoms with E-state index in [4.69, 9.17) is 34.8 Å². The van der Waals surface area contributed by atoms with Crippen LogP contribution in [0.15, 0.2) is 30.3 Å². The van der Waals surface area contributed by atoms with Crippen molar-refractivity contribution in [1.29, 1.82) is 0 Å². The number of rotatable bonds is 2. The first-order chi connectivity index (χ1) is 8.90. The Morgan fingerprint density at radius 1 is 1.05 bits per heavy atom. The smallest absolute Gasteiger partial charge is 0.258 e. The van der Waals surface area contributed by atoms with Gasteiger partial charge in [-0.3, -0.25) is 10.1 Å². The summed E-state index contributed by atoms with van der Waals surface area (Å²) in [6.45, 7) is 0. The molecule has 0 aliphatic carbocycles. The van der Waals surface area contributed by atoms with Crippen molar-refractivity contribution < 1.29 is 9.31 Å². The topological polar surface area (TPSA) is 43.1 Å². The van der Waals surface area contributed by atoms with E-state index in [-0.39, 0.29) is 10.0 Å². The molecule has 98 valence electrons. The summed E-state index contributed by atoms with van der Waals surface area (Å²) in [6, 6.07) is 6.38. The van der Waals surface area contributed by atoms with Gasteiger partial charge in [-0.15, -0.1) is 0 Å². The lowest BCUT2D eigenvalue weighted by molar-refractivity contribution is -0.387. The van der Waals surface area contributed by atoms with Crippen molar-refractivity contribution in [1.82, 2.24) is 0 Å². The van der Waals surface area contributed by atoms with Crippen molar-refractivity contribution in [2.45, 2.75) is 0 Å². The molecular weight excluding hydrogens is 315 g/mol. The van der Waals surface area contributed by atoms with Crippen LogP contribution in [0.25, 0.3) is 11.1 Å².